The van der Waals surface area contributed by atoms with Gasteiger partial charge in [-0.3, -0.25) is 0 Å². The summed E-state index contributed by atoms with van der Waals surface area (Å²) in [5.41, 5.74) is 7.40. The van der Waals surface area contributed by atoms with Crippen LogP contribution < -0.4 is 11.1 Å². The number of aromatic nitrogens is 3. The zero-order valence-electron chi connectivity index (χ0n) is 34.6. The number of benzene rings is 2. The minimum Gasteiger partial charge on any atom is -0.477 e. The first kappa shape index (κ1) is 50.1. The molecule has 0 saturated carbocycles. The number of carboxylic acid groups (broad SMARTS) is 1. The van der Waals surface area contributed by atoms with Crippen LogP contribution in [0.2, 0.25) is 0 Å². The molecule has 360 valence electrons. The van der Waals surface area contributed by atoms with E-state index in [1.54, 1.807) is 10.9 Å². The second-order valence-corrected chi connectivity index (χ2v) is 15.6. The number of amides is 1. The predicted octanol–water partition coefficient (Wildman–Crippen LogP) is -5.22. The van der Waals surface area contributed by atoms with Crippen molar-refractivity contribution in [2.24, 2.45) is 5.73 Å². The molecule has 1 amide bonds. The molecule has 3 saturated heterocycles. The maximum absolute atomic E-state index is 13.2. The number of ether oxygens (including phenoxy) is 7. The topological polar surface area (TPSA) is 390 Å². The van der Waals surface area contributed by atoms with Crippen LogP contribution in [0.15, 0.2) is 66.9 Å². The van der Waals surface area contributed by atoms with E-state index in [9.17, 15) is 65.8 Å². The van der Waals surface area contributed by atoms with Crippen LogP contribution in [0.4, 0.5) is 4.79 Å². The minimum atomic E-state index is -2.95. The molecule has 3 aliphatic heterocycles. The monoisotopic (exact) mass is 925 g/mol. The average molecular weight is 926 g/mol. The van der Waals surface area contributed by atoms with Gasteiger partial charge in [-0.2, -0.15) is 0 Å². The van der Waals surface area contributed by atoms with Crippen LogP contribution in [-0.2, 0) is 44.6 Å². The van der Waals surface area contributed by atoms with Crippen molar-refractivity contribution in [2.45, 2.75) is 117 Å². The number of nitrogens with zero attached hydrogens (tertiary/aromatic N) is 3. The first-order valence-electron chi connectivity index (χ1n) is 20.6. The number of nitrogens with two attached hydrogens (primary N) is 1. The number of carbonyl (C=O) groups excluding carboxylic acids is 1. The standard InChI is InChI=1S/C40H55N5O20/c41-11-12-59-36-33(55)31(53)34(24(16-47)62-36)64-37-32(54)30(52)29(51)25(63-37)18-61-40(38(56)57)13-22(48)26(35(65-40)28(50)23(49)15-46)42-39(58)60-17-21-14-45(44-43-21)27(19-7-3-1-4-8-19)20-9-5-2-6-10-20/h1-10,14,22-37,46-55H,11-13,15-18,41H2,(H,42,58)(H,56,57)/t22-,23-,24?,25?,26-,28-,29+,30+,31+,32?,33?,34-,35?,36-,37+,40-/m1/s1. The van der Waals surface area contributed by atoms with Gasteiger partial charge in [0.1, 0.15) is 85.5 Å². The van der Waals surface area contributed by atoms with E-state index in [4.69, 9.17) is 38.9 Å². The van der Waals surface area contributed by atoms with Crippen molar-refractivity contribution < 1.29 is 98.9 Å². The first-order valence-corrected chi connectivity index (χ1v) is 20.6. The van der Waals surface area contributed by atoms with E-state index in [1.165, 1.54) is 0 Å². The number of alkyl carbamates (subject to hydrolysis) is 1. The number of nitrogens with one attached hydrogen (secondary N) is 1. The summed E-state index contributed by atoms with van der Waals surface area (Å²) in [6.07, 6.45) is -26.8. The molecule has 65 heavy (non-hydrogen) atoms. The molecule has 1 aromatic heterocycles. The number of carboxylic acids is 1. The predicted molar refractivity (Wildman–Crippen MR) is 212 cm³/mol. The molecule has 6 rings (SSSR count). The Morgan fingerprint density at radius 1 is 0.877 bits per heavy atom. The molecule has 4 heterocycles. The fourth-order valence-electron chi connectivity index (χ4n) is 7.71. The van der Waals surface area contributed by atoms with Crippen molar-refractivity contribution in [3.63, 3.8) is 0 Å². The Morgan fingerprint density at radius 3 is 2.11 bits per heavy atom. The van der Waals surface area contributed by atoms with Crippen LogP contribution in [0.25, 0.3) is 0 Å². The van der Waals surface area contributed by atoms with Crippen molar-refractivity contribution in [1.29, 1.82) is 0 Å². The zero-order chi connectivity index (χ0) is 47.0. The lowest BCUT2D eigenvalue weighted by Crippen LogP contribution is -2.68. The van der Waals surface area contributed by atoms with Gasteiger partial charge < -0.3 is 100 Å². The maximum atomic E-state index is 13.2. The summed E-state index contributed by atoms with van der Waals surface area (Å²) in [7, 11) is 0. The SMILES string of the molecule is NCCO[C@@H]1OC(CO)[C@@H](O[C@@H]2OC(CO[C@]3(C(=O)O)C[C@@H](O)[C@@H](NC(=O)OCc4cn(C(c5ccccc5)c5ccccc5)nn4)C([C@H](O)[C@H](O)CO)O3)[C@H](O)[C@H](O)C2O)[C@@H](O)C1O. The number of carbonyl (C=O) groups is 2. The van der Waals surface area contributed by atoms with Gasteiger partial charge in [0, 0.05) is 13.0 Å². The number of hydrogen-bond acceptors (Lipinski definition) is 22. The molecule has 14 N–H and O–H groups in total. The number of aliphatic hydroxyl groups excluding tert-OH is 10. The van der Waals surface area contributed by atoms with E-state index < -0.39 is 149 Å². The van der Waals surface area contributed by atoms with Gasteiger partial charge in [0.2, 0.25) is 0 Å². The summed E-state index contributed by atoms with van der Waals surface area (Å²) in [5, 5.41) is 127. The summed E-state index contributed by atoms with van der Waals surface area (Å²) >= 11 is 0. The largest absolute Gasteiger partial charge is 0.477 e. The van der Waals surface area contributed by atoms with Gasteiger partial charge in [-0.1, -0.05) is 65.9 Å². The van der Waals surface area contributed by atoms with E-state index in [2.05, 4.69) is 15.6 Å². The summed E-state index contributed by atoms with van der Waals surface area (Å²) in [6.45, 7) is -3.42. The zero-order valence-corrected chi connectivity index (χ0v) is 34.6. The fourth-order valence-corrected chi connectivity index (χ4v) is 7.71. The van der Waals surface area contributed by atoms with Crippen LogP contribution in [0.5, 0.6) is 0 Å². The molecule has 2 aromatic carbocycles. The highest BCUT2D eigenvalue weighted by atomic mass is 16.8. The van der Waals surface area contributed by atoms with E-state index in [-0.39, 0.29) is 18.8 Å². The highest BCUT2D eigenvalue weighted by Gasteiger charge is 2.57. The molecule has 25 heteroatoms. The third-order valence-electron chi connectivity index (χ3n) is 11.2. The smallest absolute Gasteiger partial charge is 0.407 e. The van der Waals surface area contributed by atoms with Gasteiger partial charge in [0.05, 0.1) is 44.8 Å². The summed E-state index contributed by atoms with van der Waals surface area (Å²) in [6, 6.07) is 16.7. The van der Waals surface area contributed by atoms with Crippen LogP contribution >= 0.6 is 0 Å². The van der Waals surface area contributed by atoms with E-state index in [0.29, 0.717) is 0 Å². The Morgan fingerprint density at radius 2 is 1.51 bits per heavy atom. The van der Waals surface area contributed by atoms with Gasteiger partial charge in [-0.05, 0) is 11.1 Å². The molecule has 3 aliphatic rings. The Bertz CT molecular complexity index is 1920. The van der Waals surface area contributed by atoms with Crippen LogP contribution in [0.1, 0.15) is 29.3 Å². The second kappa shape index (κ2) is 22.4. The molecule has 0 aliphatic carbocycles. The lowest BCUT2D eigenvalue weighted by Gasteiger charge is -2.48. The maximum Gasteiger partial charge on any atom is 0.407 e. The van der Waals surface area contributed by atoms with Crippen LogP contribution in [0.3, 0.4) is 0 Å². The molecular formula is C40H55N5O20. The quantitative estimate of drug-likeness (QED) is 0.0534. The lowest BCUT2D eigenvalue weighted by molar-refractivity contribution is -0.367. The summed E-state index contributed by atoms with van der Waals surface area (Å²) < 4.78 is 40.2. The number of aliphatic carboxylic acids is 1. The fraction of sp³-hybridized carbons (Fsp3) is 0.600. The molecule has 0 radical (unpaired) electrons. The van der Waals surface area contributed by atoms with E-state index >= 15 is 0 Å². The van der Waals surface area contributed by atoms with Crippen molar-refractivity contribution in [1.82, 2.24) is 20.3 Å². The molecule has 5 unspecified atom stereocenters. The van der Waals surface area contributed by atoms with Gasteiger partial charge in [-0.15, -0.1) is 5.10 Å². The molecule has 25 nitrogen and oxygen atoms in total. The van der Waals surface area contributed by atoms with Gasteiger partial charge in [-0.25, -0.2) is 14.3 Å². The van der Waals surface area contributed by atoms with Crippen LogP contribution in [0, 0.1) is 0 Å². The van der Waals surface area contributed by atoms with Crippen LogP contribution in [-0.4, -0.2) is 214 Å². The highest BCUT2D eigenvalue weighted by molar-refractivity contribution is 5.76. The molecular weight excluding hydrogens is 870 g/mol. The Balaban J connectivity index is 1.13. The molecule has 16 atom stereocenters. The molecule has 0 bridgehead atoms. The highest BCUT2D eigenvalue weighted by Crippen LogP contribution is 2.36. The summed E-state index contributed by atoms with van der Waals surface area (Å²) in [5.74, 6) is -4.87. The first-order chi connectivity index (χ1) is 31.1. The molecule has 0 spiro atoms. The minimum absolute atomic E-state index is 0.0306. The summed E-state index contributed by atoms with van der Waals surface area (Å²) in [4.78, 5) is 26.1. The Kier molecular flexibility index (Phi) is 17.3. The molecule has 3 fully saturated rings. The third kappa shape index (κ3) is 11.4. The van der Waals surface area contributed by atoms with Gasteiger partial charge in [0.15, 0.2) is 12.6 Å². The number of aliphatic hydroxyl groups is 10. The number of rotatable bonds is 19. The molecule has 3 aromatic rings. The third-order valence-corrected chi connectivity index (χ3v) is 11.2. The van der Waals surface area contributed by atoms with Crippen molar-refractivity contribution in [3.05, 3.63) is 83.7 Å². The Labute approximate surface area is 370 Å². The lowest BCUT2D eigenvalue weighted by atomic mass is 9.88. The normalized spacial score (nSPS) is 33.9. The van der Waals surface area contributed by atoms with E-state index in [1.807, 2.05) is 60.7 Å². The average Bonchev–Trinajstić information content (AvgIpc) is 3.78. The van der Waals surface area contributed by atoms with E-state index in [0.717, 1.165) is 11.1 Å². The number of hydrogen-bond donors (Lipinski definition) is 13. The second-order valence-electron chi connectivity index (χ2n) is 15.6. The van der Waals surface area contributed by atoms with Crippen molar-refractivity contribution >= 4 is 12.1 Å². The van der Waals surface area contributed by atoms with Crippen molar-refractivity contribution in [3.8, 4) is 0 Å². The van der Waals surface area contributed by atoms with Crippen molar-refractivity contribution in [2.75, 3.05) is 33.0 Å². The Hall–Kier alpha value is -4.36. The van der Waals surface area contributed by atoms with Gasteiger partial charge in [0.25, 0.3) is 5.79 Å². The van der Waals surface area contributed by atoms with Gasteiger partial charge >= 0.3 is 12.1 Å².